The van der Waals surface area contributed by atoms with Gasteiger partial charge in [-0.1, -0.05) is 24.3 Å². The van der Waals surface area contributed by atoms with Gasteiger partial charge >= 0.3 is 0 Å². The number of amides is 1. The van der Waals surface area contributed by atoms with Crippen LogP contribution in [0.5, 0.6) is 0 Å². The molecule has 1 saturated heterocycles. The van der Waals surface area contributed by atoms with Crippen molar-refractivity contribution in [1.29, 1.82) is 0 Å². The standard InChI is InChI=1S/C17H23N3O2S/c1-17(12-5-6-18-14(9-12)22-2)15(21)20-16(23-17)19-13-8-10-3-4-11(13)7-10/h5,9-11,13,18H,3-4,6-8H2,1-2H3,(H,19,20,21)/t10-,11?,13+,17?/m1/s1. The van der Waals surface area contributed by atoms with Gasteiger partial charge in [0.15, 0.2) is 11.1 Å². The Labute approximate surface area is 141 Å². The van der Waals surface area contributed by atoms with Crippen LogP contribution < -0.4 is 10.6 Å². The number of dihydropyridines is 1. The van der Waals surface area contributed by atoms with Crippen LogP contribution in [0.2, 0.25) is 0 Å². The van der Waals surface area contributed by atoms with E-state index < -0.39 is 4.75 Å². The number of hydrogen-bond acceptors (Lipinski definition) is 5. The summed E-state index contributed by atoms with van der Waals surface area (Å²) < 4.78 is 4.64. The van der Waals surface area contributed by atoms with Crippen molar-refractivity contribution in [1.82, 2.24) is 10.6 Å². The molecular weight excluding hydrogens is 310 g/mol. The summed E-state index contributed by atoms with van der Waals surface area (Å²) in [5.41, 5.74) is 0.980. The lowest BCUT2D eigenvalue weighted by molar-refractivity contribution is -0.120. The fraction of sp³-hybridized carbons (Fsp3) is 0.647. The molecular formula is C17H23N3O2S. The number of nitrogens with one attached hydrogen (secondary N) is 2. The zero-order valence-electron chi connectivity index (χ0n) is 13.6. The normalized spacial score (nSPS) is 40.7. The number of ether oxygens (including phenoxy) is 1. The molecule has 2 aliphatic carbocycles. The van der Waals surface area contributed by atoms with E-state index in [-0.39, 0.29) is 5.91 Å². The van der Waals surface area contributed by atoms with Crippen molar-refractivity contribution in [3.8, 4) is 0 Å². The molecule has 0 aromatic carbocycles. The Morgan fingerprint density at radius 3 is 2.96 bits per heavy atom. The van der Waals surface area contributed by atoms with E-state index in [1.807, 2.05) is 13.0 Å². The van der Waals surface area contributed by atoms with Crippen molar-refractivity contribution in [3.63, 3.8) is 0 Å². The first-order valence-electron chi connectivity index (χ1n) is 8.37. The van der Waals surface area contributed by atoms with E-state index in [1.54, 1.807) is 18.9 Å². The molecule has 0 aromatic heterocycles. The second-order valence-electron chi connectivity index (χ2n) is 7.02. The summed E-state index contributed by atoms with van der Waals surface area (Å²) in [5, 5.41) is 6.93. The van der Waals surface area contributed by atoms with E-state index in [4.69, 9.17) is 9.73 Å². The molecule has 2 saturated carbocycles. The topological polar surface area (TPSA) is 62.7 Å². The second kappa shape index (κ2) is 5.58. The molecule has 1 amide bonds. The van der Waals surface area contributed by atoms with E-state index in [9.17, 15) is 4.79 Å². The summed E-state index contributed by atoms with van der Waals surface area (Å²) in [6.07, 6.45) is 9.16. The van der Waals surface area contributed by atoms with Crippen LogP contribution in [0.15, 0.2) is 28.6 Å². The Balaban J connectivity index is 1.54. The van der Waals surface area contributed by atoms with Crippen molar-refractivity contribution < 1.29 is 9.53 Å². The van der Waals surface area contributed by atoms with E-state index >= 15 is 0 Å². The van der Waals surface area contributed by atoms with Crippen LogP contribution in [0.1, 0.15) is 32.6 Å². The molecule has 0 aromatic rings. The molecule has 3 fully saturated rings. The smallest absolute Gasteiger partial charge is 0.246 e. The van der Waals surface area contributed by atoms with Crippen molar-refractivity contribution in [2.45, 2.75) is 43.4 Å². The summed E-state index contributed by atoms with van der Waals surface area (Å²) in [7, 11) is 1.63. The van der Waals surface area contributed by atoms with Crippen LogP contribution in [-0.2, 0) is 9.53 Å². The zero-order chi connectivity index (χ0) is 16.0. The number of carbonyl (C=O) groups excluding carboxylic acids is 1. The van der Waals surface area contributed by atoms with Gasteiger partial charge < -0.3 is 15.4 Å². The van der Waals surface area contributed by atoms with Gasteiger partial charge in [0.1, 0.15) is 4.75 Å². The predicted octanol–water partition coefficient (Wildman–Crippen LogP) is 2.17. The number of amidine groups is 1. The molecule has 2 heterocycles. The molecule has 2 N–H and O–H groups in total. The first kappa shape index (κ1) is 15.1. The van der Waals surface area contributed by atoms with Gasteiger partial charge in [0.2, 0.25) is 5.91 Å². The average Bonchev–Trinajstić information content (AvgIpc) is 3.24. The third-order valence-electron chi connectivity index (χ3n) is 5.59. The first-order valence-corrected chi connectivity index (χ1v) is 9.18. The monoisotopic (exact) mass is 333 g/mol. The van der Waals surface area contributed by atoms with Crippen molar-refractivity contribution >= 4 is 22.8 Å². The number of fused-ring (bicyclic) bond motifs is 2. The molecule has 2 bridgehead atoms. The van der Waals surface area contributed by atoms with Crippen LogP contribution in [0, 0.1) is 11.8 Å². The SMILES string of the molecule is COC1=CC(C2(C)SC(=N[C@H]3C[C@@H]4CCC3C4)NC2=O)=CCN1. The lowest BCUT2D eigenvalue weighted by Gasteiger charge is -2.24. The van der Waals surface area contributed by atoms with Gasteiger partial charge in [-0.3, -0.25) is 9.79 Å². The van der Waals surface area contributed by atoms with E-state index in [2.05, 4.69) is 16.7 Å². The Morgan fingerprint density at radius 1 is 1.39 bits per heavy atom. The highest BCUT2D eigenvalue weighted by atomic mass is 32.2. The van der Waals surface area contributed by atoms with Gasteiger partial charge in [-0.25, -0.2) is 0 Å². The number of allylic oxidation sites excluding steroid dienone is 1. The minimum absolute atomic E-state index is 0.0178. The van der Waals surface area contributed by atoms with Gasteiger partial charge in [0, 0.05) is 12.6 Å². The highest BCUT2D eigenvalue weighted by Gasteiger charge is 2.47. The Morgan fingerprint density at radius 2 is 2.26 bits per heavy atom. The molecule has 0 spiro atoms. The number of carbonyl (C=O) groups is 1. The number of aliphatic imine (C=N–C) groups is 1. The summed E-state index contributed by atoms with van der Waals surface area (Å²) in [5.74, 6) is 2.32. The summed E-state index contributed by atoms with van der Waals surface area (Å²) in [6.45, 7) is 2.65. The third-order valence-corrected chi connectivity index (χ3v) is 6.82. The van der Waals surface area contributed by atoms with Crippen LogP contribution >= 0.6 is 11.8 Å². The van der Waals surface area contributed by atoms with Crippen molar-refractivity contribution in [2.75, 3.05) is 13.7 Å². The average molecular weight is 333 g/mol. The number of thioether (sulfide) groups is 1. The highest BCUT2D eigenvalue weighted by molar-refractivity contribution is 8.16. The maximum absolute atomic E-state index is 12.6. The van der Waals surface area contributed by atoms with Crippen molar-refractivity contribution in [2.24, 2.45) is 16.8 Å². The van der Waals surface area contributed by atoms with Crippen LogP contribution in [-0.4, -0.2) is 35.5 Å². The lowest BCUT2D eigenvalue weighted by atomic mass is 9.96. The quantitative estimate of drug-likeness (QED) is 0.831. The van der Waals surface area contributed by atoms with E-state index in [1.165, 1.54) is 25.7 Å². The highest BCUT2D eigenvalue weighted by Crippen LogP contribution is 2.47. The van der Waals surface area contributed by atoms with E-state index in [0.717, 1.165) is 22.6 Å². The Hall–Kier alpha value is -1.43. The molecule has 2 unspecified atom stereocenters. The summed E-state index contributed by atoms with van der Waals surface area (Å²) in [6, 6.07) is 0.408. The predicted molar refractivity (Wildman–Crippen MR) is 92.0 cm³/mol. The molecule has 4 rings (SSSR count). The number of nitrogens with zero attached hydrogens (tertiary/aromatic N) is 1. The van der Waals surface area contributed by atoms with Gasteiger partial charge in [-0.05, 0) is 43.6 Å². The minimum atomic E-state index is -0.623. The third kappa shape index (κ3) is 2.57. The fourth-order valence-electron chi connectivity index (χ4n) is 4.23. The molecule has 4 aliphatic rings. The van der Waals surface area contributed by atoms with Crippen molar-refractivity contribution in [3.05, 3.63) is 23.6 Å². The maximum atomic E-state index is 12.6. The minimum Gasteiger partial charge on any atom is -0.483 e. The van der Waals surface area contributed by atoms with Crippen LogP contribution in [0.3, 0.4) is 0 Å². The van der Waals surface area contributed by atoms with E-state index in [0.29, 0.717) is 18.5 Å². The summed E-state index contributed by atoms with van der Waals surface area (Å²) >= 11 is 1.55. The summed E-state index contributed by atoms with van der Waals surface area (Å²) in [4.78, 5) is 17.5. The number of hydrogen-bond donors (Lipinski definition) is 2. The van der Waals surface area contributed by atoms with Gasteiger partial charge in [0.25, 0.3) is 0 Å². The van der Waals surface area contributed by atoms with Gasteiger partial charge in [-0.2, -0.15) is 0 Å². The fourth-order valence-corrected chi connectivity index (χ4v) is 5.35. The first-order chi connectivity index (χ1) is 11.1. The van der Waals surface area contributed by atoms with Crippen LogP contribution in [0.4, 0.5) is 0 Å². The lowest BCUT2D eigenvalue weighted by Crippen LogP contribution is -2.37. The number of methoxy groups -OCH3 is 1. The number of rotatable bonds is 3. The Bertz CT molecular complexity index is 627. The maximum Gasteiger partial charge on any atom is 0.246 e. The van der Waals surface area contributed by atoms with Gasteiger partial charge in [0.05, 0.1) is 13.2 Å². The van der Waals surface area contributed by atoms with Crippen LogP contribution in [0.25, 0.3) is 0 Å². The largest absolute Gasteiger partial charge is 0.483 e. The molecule has 5 nitrogen and oxygen atoms in total. The molecule has 6 heteroatoms. The zero-order valence-corrected chi connectivity index (χ0v) is 14.4. The molecule has 124 valence electrons. The molecule has 0 radical (unpaired) electrons. The van der Waals surface area contributed by atoms with Gasteiger partial charge in [-0.15, -0.1) is 0 Å². The molecule has 23 heavy (non-hydrogen) atoms. The second-order valence-corrected chi connectivity index (χ2v) is 8.43. The molecule has 2 aliphatic heterocycles. The molecule has 4 atom stereocenters. The Kier molecular flexibility index (Phi) is 3.67.